The van der Waals surface area contributed by atoms with E-state index in [9.17, 15) is 0 Å². The van der Waals surface area contributed by atoms with Gasteiger partial charge in [0.1, 0.15) is 0 Å². The SMILES string of the molecule is CCCNC1CCSCc2cc(C)cc(C)c21. The first-order valence-electron chi connectivity index (χ1n) is 6.63. The van der Waals surface area contributed by atoms with E-state index in [4.69, 9.17) is 0 Å². The second-order valence-corrected chi connectivity index (χ2v) is 6.11. The third-order valence-electron chi connectivity index (χ3n) is 3.41. The Bertz CT molecular complexity index is 387. The van der Waals surface area contributed by atoms with Crippen LogP contribution < -0.4 is 5.32 Å². The zero-order chi connectivity index (χ0) is 12.3. The van der Waals surface area contributed by atoms with Crippen LogP contribution in [0.25, 0.3) is 0 Å². The van der Waals surface area contributed by atoms with Crippen LogP contribution in [0.5, 0.6) is 0 Å². The zero-order valence-electron chi connectivity index (χ0n) is 11.2. The highest BCUT2D eigenvalue weighted by atomic mass is 32.2. The number of fused-ring (bicyclic) bond motifs is 1. The minimum Gasteiger partial charge on any atom is -0.310 e. The van der Waals surface area contributed by atoms with Crippen LogP contribution in [0.3, 0.4) is 0 Å². The van der Waals surface area contributed by atoms with Crippen LogP contribution in [-0.2, 0) is 5.75 Å². The molecular formula is C15H23NS. The average Bonchev–Trinajstić information content (AvgIpc) is 2.48. The second kappa shape index (κ2) is 5.92. The quantitative estimate of drug-likeness (QED) is 0.869. The molecule has 0 fully saturated rings. The average molecular weight is 249 g/mol. The summed E-state index contributed by atoms with van der Waals surface area (Å²) in [5.41, 5.74) is 6.00. The first-order valence-corrected chi connectivity index (χ1v) is 7.79. The highest BCUT2D eigenvalue weighted by Crippen LogP contribution is 2.33. The van der Waals surface area contributed by atoms with E-state index in [1.54, 1.807) is 11.1 Å². The van der Waals surface area contributed by atoms with Crippen LogP contribution in [0.1, 0.15) is 48.1 Å². The number of thioether (sulfide) groups is 1. The van der Waals surface area contributed by atoms with Crippen molar-refractivity contribution < 1.29 is 0 Å². The number of hydrogen-bond acceptors (Lipinski definition) is 2. The Hall–Kier alpha value is -0.470. The van der Waals surface area contributed by atoms with Crippen molar-refractivity contribution in [3.8, 4) is 0 Å². The highest BCUT2D eigenvalue weighted by Gasteiger charge is 2.20. The lowest BCUT2D eigenvalue weighted by Gasteiger charge is -2.21. The van der Waals surface area contributed by atoms with Gasteiger partial charge in [0.2, 0.25) is 0 Å². The van der Waals surface area contributed by atoms with Crippen molar-refractivity contribution in [2.75, 3.05) is 12.3 Å². The molecule has 0 amide bonds. The van der Waals surface area contributed by atoms with Gasteiger partial charge in [-0.2, -0.15) is 11.8 Å². The molecule has 0 saturated carbocycles. The molecule has 0 saturated heterocycles. The predicted molar refractivity (Wildman–Crippen MR) is 77.7 cm³/mol. The van der Waals surface area contributed by atoms with Gasteiger partial charge in [0.25, 0.3) is 0 Å². The minimum absolute atomic E-state index is 0.570. The molecular weight excluding hydrogens is 226 g/mol. The summed E-state index contributed by atoms with van der Waals surface area (Å²) in [5, 5.41) is 3.71. The van der Waals surface area contributed by atoms with Gasteiger partial charge >= 0.3 is 0 Å². The van der Waals surface area contributed by atoms with Gasteiger partial charge in [-0.3, -0.25) is 0 Å². The molecule has 0 radical (unpaired) electrons. The molecule has 1 aliphatic heterocycles. The molecule has 1 unspecified atom stereocenters. The zero-order valence-corrected chi connectivity index (χ0v) is 12.0. The van der Waals surface area contributed by atoms with Crippen LogP contribution in [0.2, 0.25) is 0 Å². The van der Waals surface area contributed by atoms with E-state index in [2.05, 4.69) is 50.0 Å². The van der Waals surface area contributed by atoms with Crippen molar-refractivity contribution in [1.82, 2.24) is 5.32 Å². The highest BCUT2D eigenvalue weighted by molar-refractivity contribution is 7.98. The third-order valence-corrected chi connectivity index (χ3v) is 4.45. The number of benzene rings is 1. The van der Waals surface area contributed by atoms with Crippen molar-refractivity contribution in [2.45, 2.75) is 45.4 Å². The molecule has 17 heavy (non-hydrogen) atoms. The fourth-order valence-electron chi connectivity index (χ4n) is 2.74. The van der Waals surface area contributed by atoms with Gasteiger partial charge in [0.15, 0.2) is 0 Å². The number of nitrogens with one attached hydrogen (secondary N) is 1. The fourth-order valence-corrected chi connectivity index (χ4v) is 3.74. The first-order chi connectivity index (χ1) is 8.22. The second-order valence-electron chi connectivity index (χ2n) is 5.00. The lowest BCUT2D eigenvalue weighted by atomic mass is 9.92. The Labute approximate surface area is 109 Å². The molecule has 1 heterocycles. The van der Waals surface area contributed by atoms with Gasteiger partial charge < -0.3 is 5.32 Å². The topological polar surface area (TPSA) is 12.0 Å². The summed E-state index contributed by atoms with van der Waals surface area (Å²) in [7, 11) is 0. The van der Waals surface area contributed by atoms with Crippen LogP contribution in [0.4, 0.5) is 0 Å². The smallest absolute Gasteiger partial charge is 0.0333 e. The van der Waals surface area contributed by atoms with E-state index >= 15 is 0 Å². The van der Waals surface area contributed by atoms with Gasteiger partial charge in [-0.1, -0.05) is 24.6 Å². The molecule has 2 heteroatoms. The van der Waals surface area contributed by atoms with Gasteiger partial charge in [-0.05, 0) is 55.7 Å². The standard InChI is InChI=1S/C15H23NS/c1-4-6-16-14-5-7-17-10-13-9-11(2)8-12(3)15(13)14/h8-9,14,16H,4-7,10H2,1-3H3. The summed E-state index contributed by atoms with van der Waals surface area (Å²) in [6.45, 7) is 7.84. The Morgan fingerprint density at radius 3 is 2.94 bits per heavy atom. The molecule has 1 nitrogen and oxygen atoms in total. The monoisotopic (exact) mass is 249 g/mol. The van der Waals surface area contributed by atoms with Crippen molar-refractivity contribution in [3.05, 3.63) is 34.4 Å². The van der Waals surface area contributed by atoms with E-state index in [1.807, 2.05) is 0 Å². The summed E-state index contributed by atoms with van der Waals surface area (Å²) in [6, 6.07) is 5.28. The minimum atomic E-state index is 0.570. The number of aryl methyl sites for hydroxylation is 2. The third kappa shape index (κ3) is 3.05. The molecule has 1 aromatic rings. The maximum Gasteiger partial charge on any atom is 0.0333 e. The molecule has 0 bridgehead atoms. The molecule has 1 N–H and O–H groups in total. The van der Waals surface area contributed by atoms with E-state index in [0.717, 1.165) is 6.54 Å². The van der Waals surface area contributed by atoms with Gasteiger partial charge in [-0.15, -0.1) is 0 Å². The van der Waals surface area contributed by atoms with Crippen LogP contribution in [0, 0.1) is 13.8 Å². The van der Waals surface area contributed by atoms with E-state index in [-0.39, 0.29) is 0 Å². The fraction of sp³-hybridized carbons (Fsp3) is 0.600. The Balaban J connectivity index is 2.33. The maximum atomic E-state index is 3.71. The van der Waals surface area contributed by atoms with Gasteiger partial charge in [0, 0.05) is 11.8 Å². The molecule has 1 aromatic carbocycles. The van der Waals surface area contributed by atoms with Crippen molar-refractivity contribution >= 4 is 11.8 Å². The molecule has 0 aromatic heterocycles. The lowest BCUT2D eigenvalue weighted by molar-refractivity contribution is 0.519. The first kappa shape index (κ1) is 13.0. The largest absolute Gasteiger partial charge is 0.310 e. The summed E-state index contributed by atoms with van der Waals surface area (Å²) < 4.78 is 0. The van der Waals surface area contributed by atoms with Gasteiger partial charge in [0.05, 0.1) is 0 Å². The number of rotatable bonds is 3. The normalized spacial score (nSPS) is 19.8. The van der Waals surface area contributed by atoms with Crippen LogP contribution in [0.15, 0.2) is 12.1 Å². The molecule has 0 aliphatic carbocycles. The number of hydrogen-bond donors (Lipinski definition) is 1. The summed E-state index contributed by atoms with van der Waals surface area (Å²) in [6.07, 6.45) is 2.48. The molecule has 2 rings (SSSR count). The summed E-state index contributed by atoms with van der Waals surface area (Å²) in [4.78, 5) is 0. The molecule has 1 aliphatic rings. The summed E-state index contributed by atoms with van der Waals surface area (Å²) >= 11 is 2.07. The molecule has 94 valence electrons. The maximum absolute atomic E-state index is 3.71. The van der Waals surface area contributed by atoms with Crippen molar-refractivity contribution in [1.29, 1.82) is 0 Å². The summed E-state index contributed by atoms with van der Waals surface area (Å²) in [5.74, 6) is 2.46. The van der Waals surface area contributed by atoms with Crippen LogP contribution >= 0.6 is 11.8 Å². The molecule has 1 atom stereocenters. The lowest BCUT2D eigenvalue weighted by Crippen LogP contribution is -2.23. The Morgan fingerprint density at radius 1 is 1.35 bits per heavy atom. The van der Waals surface area contributed by atoms with E-state index in [1.165, 1.54) is 35.5 Å². The molecule has 0 spiro atoms. The Morgan fingerprint density at radius 2 is 2.18 bits per heavy atom. The Kier molecular flexibility index (Phi) is 4.52. The van der Waals surface area contributed by atoms with Crippen LogP contribution in [-0.4, -0.2) is 12.3 Å². The van der Waals surface area contributed by atoms with E-state index < -0.39 is 0 Å². The van der Waals surface area contributed by atoms with Crippen molar-refractivity contribution in [3.63, 3.8) is 0 Å². The van der Waals surface area contributed by atoms with Gasteiger partial charge in [-0.25, -0.2) is 0 Å². The van der Waals surface area contributed by atoms with E-state index in [0.29, 0.717) is 6.04 Å². The van der Waals surface area contributed by atoms with Crippen molar-refractivity contribution in [2.24, 2.45) is 0 Å². The predicted octanol–water partition coefficient (Wildman–Crippen LogP) is 3.98.